The quantitative estimate of drug-likeness (QED) is 0.332. The number of non-ortho nitro benzene ring substituents is 1. The summed E-state index contributed by atoms with van der Waals surface area (Å²) in [5.74, 6) is -1.34. The number of carbonyl (C=O) groups excluding carboxylic acids is 1. The van der Waals surface area contributed by atoms with Gasteiger partial charge in [-0.3, -0.25) is 14.9 Å². The minimum atomic E-state index is -0.760. The van der Waals surface area contributed by atoms with Crippen molar-refractivity contribution >= 4 is 11.5 Å². The van der Waals surface area contributed by atoms with Gasteiger partial charge in [0.1, 0.15) is 5.82 Å². The maximum Gasteiger partial charge on any atom is 0.270 e. The summed E-state index contributed by atoms with van der Waals surface area (Å²) in [5.41, 5.74) is -0.591. The van der Waals surface area contributed by atoms with Crippen LogP contribution < -0.4 is 0 Å². The van der Waals surface area contributed by atoms with Crippen LogP contribution in [0.1, 0.15) is 17.3 Å². The molecule has 0 saturated heterocycles. The molecule has 0 aliphatic heterocycles. The van der Waals surface area contributed by atoms with Gasteiger partial charge in [0, 0.05) is 12.1 Å². The molecule has 0 aromatic heterocycles. The molecule has 0 aliphatic rings. The summed E-state index contributed by atoms with van der Waals surface area (Å²) in [5, 5.41) is 10.4. The number of rotatable bonds is 3. The molecule has 0 N–H and O–H groups in total. The molecule has 0 bridgehead atoms. The van der Waals surface area contributed by atoms with E-state index >= 15 is 0 Å². The number of allylic oxidation sites excluding steroid dienone is 2. The third kappa shape index (κ3) is 2.46. The summed E-state index contributed by atoms with van der Waals surface area (Å²) in [6.07, 6.45) is 2.60. The highest BCUT2D eigenvalue weighted by Crippen LogP contribution is 2.17. The molecule has 0 radical (unpaired) electrons. The van der Waals surface area contributed by atoms with E-state index in [1.54, 1.807) is 6.92 Å². The van der Waals surface area contributed by atoms with Crippen molar-refractivity contribution in [2.75, 3.05) is 0 Å². The second-order valence-electron chi connectivity index (χ2n) is 2.79. The summed E-state index contributed by atoms with van der Waals surface area (Å²) in [4.78, 5) is 21.0. The summed E-state index contributed by atoms with van der Waals surface area (Å²) in [7, 11) is 0. The van der Waals surface area contributed by atoms with Crippen LogP contribution in [0.3, 0.4) is 0 Å². The Kier molecular flexibility index (Phi) is 3.28. The lowest BCUT2D eigenvalue weighted by Gasteiger charge is -1.98. The number of nitro groups is 1. The van der Waals surface area contributed by atoms with Crippen molar-refractivity contribution in [2.24, 2.45) is 0 Å². The van der Waals surface area contributed by atoms with E-state index in [1.807, 2.05) is 0 Å². The molecule has 0 atom stereocenters. The number of carbonyl (C=O) groups is 1. The van der Waals surface area contributed by atoms with Gasteiger partial charge in [-0.1, -0.05) is 6.08 Å². The fourth-order valence-corrected chi connectivity index (χ4v) is 1.06. The van der Waals surface area contributed by atoms with Crippen LogP contribution in [0.2, 0.25) is 0 Å². The van der Waals surface area contributed by atoms with Crippen molar-refractivity contribution < 1.29 is 14.1 Å². The Balaban J connectivity index is 3.22. The number of hydrogen-bond acceptors (Lipinski definition) is 3. The lowest BCUT2D eigenvalue weighted by Crippen LogP contribution is -2.00. The zero-order valence-corrected chi connectivity index (χ0v) is 7.94. The highest BCUT2D eigenvalue weighted by Gasteiger charge is 2.14. The van der Waals surface area contributed by atoms with E-state index < -0.39 is 16.5 Å². The summed E-state index contributed by atoms with van der Waals surface area (Å²) < 4.78 is 13.1. The highest BCUT2D eigenvalue weighted by atomic mass is 19.1. The van der Waals surface area contributed by atoms with E-state index in [-0.39, 0.29) is 11.3 Å². The Morgan fingerprint density at radius 1 is 1.53 bits per heavy atom. The standard InChI is InChI=1S/C10H8FNO3/c1-2-3-10(13)8-6-7(12(14)15)4-5-9(8)11/h2-6H,1H3/b3-2+. The van der Waals surface area contributed by atoms with Crippen LogP contribution in [0.4, 0.5) is 10.1 Å². The first-order valence-electron chi connectivity index (χ1n) is 4.17. The first-order valence-corrected chi connectivity index (χ1v) is 4.17. The molecular weight excluding hydrogens is 201 g/mol. The van der Waals surface area contributed by atoms with Crippen LogP contribution >= 0.6 is 0 Å². The van der Waals surface area contributed by atoms with Gasteiger partial charge in [-0.2, -0.15) is 0 Å². The van der Waals surface area contributed by atoms with E-state index in [2.05, 4.69) is 0 Å². The molecule has 1 aromatic carbocycles. The zero-order chi connectivity index (χ0) is 11.4. The molecular formula is C10H8FNO3. The van der Waals surface area contributed by atoms with Gasteiger partial charge in [-0.25, -0.2) is 4.39 Å². The van der Waals surface area contributed by atoms with E-state index in [9.17, 15) is 19.3 Å². The van der Waals surface area contributed by atoms with Crippen LogP contribution in [0.25, 0.3) is 0 Å². The molecule has 0 aliphatic carbocycles. The van der Waals surface area contributed by atoms with Gasteiger partial charge in [-0.15, -0.1) is 0 Å². The Hall–Kier alpha value is -2.04. The van der Waals surface area contributed by atoms with E-state index in [0.717, 1.165) is 24.3 Å². The maximum absolute atomic E-state index is 13.1. The van der Waals surface area contributed by atoms with Gasteiger partial charge < -0.3 is 0 Å². The molecule has 0 spiro atoms. The number of nitro benzene ring substituents is 1. The topological polar surface area (TPSA) is 60.2 Å². The zero-order valence-electron chi connectivity index (χ0n) is 7.94. The monoisotopic (exact) mass is 209 g/mol. The molecule has 1 aromatic rings. The van der Waals surface area contributed by atoms with Gasteiger partial charge in [0.2, 0.25) is 0 Å². The third-order valence-electron chi connectivity index (χ3n) is 1.74. The van der Waals surface area contributed by atoms with Gasteiger partial charge in [-0.05, 0) is 19.1 Å². The van der Waals surface area contributed by atoms with E-state index in [1.165, 1.54) is 6.08 Å². The summed E-state index contributed by atoms with van der Waals surface area (Å²) >= 11 is 0. The van der Waals surface area contributed by atoms with Crippen LogP contribution in [0.15, 0.2) is 30.4 Å². The highest BCUT2D eigenvalue weighted by molar-refractivity contribution is 6.05. The predicted octanol–water partition coefficient (Wildman–Crippen LogP) is 2.49. The Morgan fingerprint density at radius 3 is 2.73 bits per heavy atom. The van der Waals surface area contributed by atoms with Crippen molar-refractivity contribution in [1.82, 2.24) is 0 Å². The second-order valence-corrected chi connectivity index (χ2v) is 2.79. The van der Waals surface area contributed by atoms with Gasteiger partial charge in [0.05, 0.1) is 10.5 Å². The predicted molar refractivity (Wildman–Crippen MR) is 52.2 cm³/mol. The van der Waals surface area contributed by atoms with Crippen LogP contribution in [0, 0.1) is 15.9 Å². The first kappa shape index (κ1) is 11.0. The number of nitrogens with zero attached hydrogens (tertiary/aromatic N) is 1. The normalized spacial score (nSPS) is 10.5. The van der Waals surface area contributed by atoms with Crippen molar-refractivity contribution in [3.8, 4) is 0 Å². The lowest BCUT2D eigenvalue weighted by molar-refractivity contribution is -0.384. The molecule has 5 heteroatoms. The lowest BCUT2D eigenvalue weighted by atomic mass is 10.1. The Morgan fingerprint density at radius 2 is 2.20 bits per heavy atom. The minimum absolute atomic E-state index is 0.290. The summed E-state index contributed by atoms with van der Waals surface area (Å²) in [6, 6.07) is 2.86. The van der Waals surface area contributed by atoms with Gasteiger partial charge >= 0.3 is 0 Å². The molecule has 0 unspecified atom stereocenters. The number of halogens is 1. The van der Waals surface area contributed by atoms with Crippen LogP contribution in [-0.4, -0.2) is 10.7 Å². The number of hydrogen-bond donors (Lipinski definition) is 0. The molecule has 4 nitrogen and oxygen atoms in total. The molecule has 0 fully saturated rings. The fourth-order valence-electron chi connectivity index (χ4n) is 1.06. The molecule has 1 rings (SSSR count). The van der Waals surface area contributed by atoms with E-state index in [0.29, 0.717) is 0 Å². The minimum Gasteiger partial charge on any atom is -0.289 e. The fraction of sp³-hybridized carbons (Fsp3) is 0.100. The first-order chi connectivity index (χ1) is 7.06. The van der Waals surface area contributed by atoms with Crippen LogP contribution in [-0.2, 0) is 0 Å². The largest absolute Gasteiger partial charge is 0.289 e. The second kappa shape index (κ2) is 4.45. The molecule has 15 heavy (non-hydrogen) atoms. The molecule has 0 amide bonds. The maximum atomic E-state index is 13.1. The van der Waals surface area contributed by atoms with Gasteiger partial charge in [0.25, 0.3) is 5.69 Å². The number of benzene rings is 1. The Labute approximate surface area is 85.2 Å². The number of ketones is 1. The van der Waals surface area contributed by atoms with E-state index in [4.69, 9.17) is 0 Å². The third-order valence-corrected chi connectivity index (χ3v) is 1.74. The van der Waals surface area contributed by atoms with Crippen LogP contribution in [0.5, 0.6) is 0 Å². The van der Waals surface area contributed by atoms with Gasteiger partial charge in [0.15, 0.2) is 5.78 Å². The average molecular weight is 209 g/mol. The summed E-state index contributed by atoms with van der Waals surface area (Å²) in [6.45, 7) is 1.60. The Bertz CT molecular complexity index is 440. The van der Waals surface area contributed by atoms with Crippen molar-refractivity contribution in [3.05, 3.63) is 51.8 Å². The van der Waals surface area contributed by atoms with Crippen molar-refractivity contribution in [1.29, 1.82) is 0 Å². The molecule has 0 heterocycles. The average Bonchev–Trinajstić information content (AvgIpc) is 2.18. The smallest absolute Gasteiger partial charge is 0.270 e. The molecule has 0 saturated carbocycles. The SMILES string of the molecule is C/C=C/C(=O)c1cc([N+](=O)[O-])ccc1F. The van der Waals surface area contributed by atoms with Crippen molar-refractivity contribution in [3.63, 3.8) is 0 Å². The van der Waals surface area contributed by atoms with Crippen molar-refractivity contribution in [2.45, 2.75) is 6.92 Å². The molecule has 78 valence electrons.